The maximum Gasteiger partial charge on any atom is 0.0950 e. The molecule has 1 aliphatic heterocycles. The van der Waals surface area contributed by atoms with E-state index in [1.54, 1.807) is 6.20 Å². The first-order valence-electron chi connectivity index (χ1n) is 4.98. The summed E-state index contributed by atoms with van der Waals surface area (Å²) in [7, 11) is 0. The van der Waals surface area contributed by atoms with Gasteiger partial charge in [-0.15, -0.1) is 0 Å². The summed E-state index contributed by atoms with van der Waals surface area (Å²) in [5, 5.41) is 18.4. The molecule has 0 radical (unpaired) electrons. The standard InChI is InChI=1S/C11H11N3O/c15-8-6-14(7-8)11-5-12-13-10-4-2-1-3-9(10)11/h1-5,8,15H,6-7H2. The van der Waals surface area contributed by atoms with Crippen LogP contribution in [0, 0.1) is 0 Å². The minimum Gasteiger partial charge on any atom is -0.389 e. The van der Waals surface area contributed by atoms with Crippen LogP contribution in [0.5, 0.6) is 0 Å². The molecule has 4 nitrogen and oxygen atoms in total. The molecule has 1 aliphatic rings. The lowest BCUT2D eigenvalue weighted by atomic mass is 10.1. The first-order valence-corrected chi connectivity index (χ1v) is 4.98. The Morgan fingerprint density at radius 3 is 2.87 bits per heavy atom. The van der Waals surface area contributed by atoms with Crippen LogP contribution >= 0.6 is 0 Å². The molecule has 76 valence electrons. The number of benzene rings is 1. The van der Waals surface area contributed by atoms with Crippen molar-refractivity contribution in [2.75, 3.05) is 18.0 Å². The van der Waals surface area contributed by atoms with E-state index in [2.05, 4.69) is 15.1 Å². The summed E-state index contributed by atoms with van der Waals surface area (Å²) < 4.78 is 0. The average molecular weight is 201 g/mol. The number of β-amino-alcohol motifs (C(OH)–C–C–N with tert-alkyl or cyclic N) is 1. The van der Waals surface area contributed by atoms with Gasteiger partial charge in [-0.3, -0.25) is 0 Å². The molecule has 3 rings (SSSR count). The molecule has 0 aliphatic carbocycles. The van der Waals surface area contributed by atoms with E-state index < -0.39 is 0 Å². The van der Waals surface area contributed by atoms with Crippen molar-refractivity contribution >= 4 is 16.6 Å². The summed E-state index contributed by atoms with van der Waals surface area (Å²) in [6.07, 6.45) is 1.56. The van der Waals surface area contributed by atoms with Gasteiger partial charge in [0.2, 0.25) is 0 Å². The second kappa shape index (κ2) is 3.17. The monoisotopic (exact) mass is 201 g/mol. The highest BCUT2D eigenvalue weighted by molar-refractivity contribution is 5.91. The van der Waals surface area contributed by atoms with Crippen molar-refractivity contribution in [1.29, 1.82) is 0 Å². The molecule has 0 bridgehead atoms. The topological polar surface area (TPSA) is 49.2 Å². The summed E-state index contributed by atoms with van der Waals surface area (Å²) in [5.74, 6) is 0. The third kappa shape index (κ3) is 1.34. The predicted molar refractivity (Wildman–Crippen MR) is 57.8 cm³/mol. The van der Waals surface area contributed by atoms with Crippen LogP contribution in [-0.4, -0.2) is 34.5 Å². The molecule has 0 saturated carbocycles. The number of hydrogen-bond donors (Lipinski definition) is 1. The van der Waals surface area contributed by atoms with Gasteiger partial charge in [-0.1, -0.05) is 18.2 Å². The molecule has 1 aromatic carbocycles. The summed E-state index contributed by atoms with van der Waals surface area (Å²) in [6, 6.07) is 7.92. The van der Waals surface area contributed by atoms with Gasteiger partial charge < -0.3 is 10.0 Å². The van der Waals surface area contributed by atoms with Gasteiger partial charge in [-0.2, -0.15) is 10.2 Å². The molecule has 0 atom stereocenters. The quantitative estimate of drug-likeness (QED) is 0.741. The van der Waals surface area contributed by atoms with Crippen molar-refractivity contribution in [3.05, 3.63) is 30.5 Å². The first kappa shape index (κ1) is 8.61. The average Bonchev–Trinajstić information content (AvgIpc) is 2.24. The highest BCUT2D eigenvalue weighted by Gasteiger charge is 2.25. The first-order chi connectivity index (χ1) is 7.34. The van der Waals surface area contributed by atoms with Crippen LogP contribution in [0.4, 0.5) is 5.69 Å². The fourth-order valence-electron chi connectivity index (χ4n) is 1.90. The van der Waals surface area contributed by atoms with Crippen molar-refractivity contribution in [3.8, 4) is 0 Å². The highest BCUT2D eigenvalue weighted by atomic mass is 16.3. The van der Waals surface area contributed by atoms with E-state index in [0.29, 0.717) is 13.1 Å². The SMILES string of the molecule is OC1CN(c2cnnc3ccccc23)C1. The van der Waals surface area contributed by atoms with Crippen LogP contribution in [0.2, 0.25) is 0 Å². The van der Waals surface area contributed by atoms with Gasteiger partial charge in [0.1, 0.15) is 0 Å². The fourth-order valence-corrected chi connectivity index (χ4v) is 1.90. The molecule has 1 N–H and O–H groups in total. The Labute approximate surface area is 87.2 Å². The number of rotatable bonds is 1. The zero-order valence-electron chi connectivity index (χ0n) is 8.17. The molecule has 4 heteroatoms. The molecule has 1 saturated heterocycles. The number of anilines is 1. The second-order valence-corrected chi connectivity index (χ2v) is 3.81. The van der Waals surface area contributed by atoms with Gasteiger partial charge in [-0.05, 0) is 6.07 Å². The maximum atomic E-state index is 9.27. The van der Waals surface area contributed by atoms with E-state index in [1.807, 2.05) is 24.3 Å². The number of fused-ring (bicyclic) bond motifs is 1. The molecule has 15 heavy (non-hydrogen) atoms. The molecule has 0 spiro atoms. The van der Waals surface area contributed by atoms with Gasteiger partial charge in [-0.25, -0.2) is 0 Å². The zero-order chi connectivity index (χ0) is 10.3. The summed E-state index contributed by atoms with van der Waals surface area (Å²) in [6.45, 7) is 1.38. The van der Waals surface area contributed by atoms with E-state index in [4.69, 9.17) is 0 Å². The largest absolute Gasteiger partial charge is 0.389 e. The zero-order valence-corrected chi connectivity index (χ0v) is 8.17. The Morgan fingerprint density at radius 1 is 1.27 bits per heavy atom. The second-order valence-electron chi connectivity index (χ2n) is 3.81. The van der Waals surface area contributed by atoms with Crippen LogP contribution in [0.1, 0.15) is 0 Å². The van der Waals surface area contributed by atoms with E-state index in [-0.39, 0.29) is 6.10 Å². The molecular weight excluding hydrogens is 190 g/mol. The third-order valence-electron chi connectivity index (χ3n) is 2.73. The minimum atomic E-state index is -0.197. The normalized spacial score (nSPS) is 16.7. The lowest BCUT2D eigenvalue weighted by Gasteiger charge is -2.38. The summed E-state index contributed by atoms with van der Waals surface area (Å²) >= 11 is 0. The highest BCUT2D eigenvalue weighted by Crippen LogP contribution is 2.27. The molecule has 0 amide bonds. The van der Waals surface area contributed by atoms with E-state index in [1.165, 1.54) is 0 Å². The van der Waals surface area contributed by atoms with Gasteiger partial charge in [0.25, 0.3) is 0 Å². The molecular formula is C11H11N3O. The minimum absolute atomic E-state index is 0.197. The van der Waals surface area contributed by atoms with Gasteiger partial charge in [0.15, 0.2) is 0 Å². The molecule has 2 heterocycles. The Morgan fingerprint density at radius 2 is 2.07 bits per heavy atom. The lowest BCUT2D eigenvalue weighted by Crippen LogP contribution is -2.50. The van der Waals surface area contributed by atoms with E-state index in [0.717, 1.165) is 16.6 Å². The van der Waals surface area contributed by atoms with Gasteiger partial charge in [0, 0.05) is 18.5 Å². The van der Waals surface area contributed by atoms with Crippen molar-refractivity contribution in [2.45, 2.75) is 6.10 Å². The Bertz CT molecular complexity index is 489. The molecule has 0 unspecified atom stereocenters. The molecule has 1 fully saturated rings. The lowest BCUT2D eigenvalue weighted by molar-refractivity contribution is 0.142. The number of aliphatic hydroxyl groups is 1. The third-order valence-corrected chi connectivity index (χ3v) is 2.73. The number of aliphatic hydroxyl groups excluding tert-OH is 1. The summed E-state index contributed by atoms with van der Waals surface area (Å²) in [4.78, 5) is 2.11. The van der Waals surface area contributed by atoms with Crippen LogP contribution in [0.3, 0.4) is 0 Å². The van der Waals surface area contributed by atoms with E-state index >= 15 is 0 Å². The van der Waals surface area contributed by atoms with Crippen molar-refractivity contribution in [1.82, 2.24) is 10.2 Å². The van der Waals surface area contributed by atoms with Crippen LogP contribution in [0.15, 0.2) is 30.5 Å². The van der Waals surface area contributed by atoms with Gasteiger partial charge >= 0.3 is 0 Å². The van der Waals surface area contributed by atoms with Crippen molar-refractivity contribution in [2.24, 2.45) is 0 Å². The number of aromatic nitrogens is 2. The van der Waals surface area contributed by atoms with E-state index in [9.17, 15) is 5.11 Å². The summed E-state index contributed by atoms with van der Waals surface area (Å²) in [5.41, 5.74) is 1.96. The maximum absolute atomic E-state index is 9.27. The van der Waals surface area contributed by atoms with Crippen molar-refractivity contribution in [3.63, 3.8) is 0 Å². The number of hydrogen-bond acceptors (Lipinski definition) is 4. The predicted octanol–water partition coefficient (Wildman–Crippen LogP) is 0.811. The molecule has 1 aromatic heterocycles. The van der Waals surface area contributed by atoms with Crippen LogP contribution < -0.4 is 4.90 Å². The van der Waals surface area contributed by atoms with Crippen LogP contribution in [-0.2, 0) is 0 Å². The van der Waals surface area contributed by atoms with Crippen LogP contribution in [0.25, 0.3) is 10.9 Å². The fraction of sp³-hybridized carbons (Fsp3) is 0.273. The Hall–Kier alpha value is -1.68. The molecule has 2 aromatic rings. The smallest absolute Gasteiger partial charge is 0.0950 e. The Balaban J connectivity index is 2.10. The van der Waals surface area contributed by atoms with Crippen molar-refractivity contribution < 1.29 is 5.11 Å². The number of nitrogens with zero attached hydrogens (tertiary/aromatic N) is 3. The Kier molecular flexibility index (Phi) is 1.82. The van der Waals surface area contributed by atoms with Gasteiger partial charge in [0.05, 0.1) is 23.5 Å².